The standard InChI is InChI=1S/C16H13NO2S/c17-11-16(15-9-5-2-6-10-15)13-20(18,19)12-14-7-3-1-4-8-14/h1-10,13H,12H2/b16-13+. The van der Waals surface area contributed by atoms with Crippen molar-refractivity contribution in [2.24, 2.45) is 0 Å². The lowest BCUT2D eigenvalue weighted by Gasteiger charge is -2.02. The zero-order valence-corrected chi connectivity index (χ0v) is 11.5. The maximum atomic E-state index is 12.1. The molecule has 3 nitrogen and oxygen atoms in total. The third-order valence-corrected chi connectivity index (χ3v) is 4.04. The topological polar surface area (TPSA) is 57.9 Å². The number of sulfone groups is 1. The van der Waals surface area contributed by atoms with Crippen molar-refractivity contribution in [2.45, 2.75) is 5.75 Å². The lowest BCUT2D eigenvalue weighted by molar-refractivity contribution is 0.604. The van der Waals surface area contributed by atoms with E-state index < -0.39 is 9.84 Å². The van der Waals surface area contributed by atoms with Crippen molar-refractivity contribution >= 4 is 15.4 Å². The Morgan fingerprint density at radius 2 is 1.55 bits per heavy atom. The van der Waals surface area contributed by atoms with E-state index in [1.807, 2.05) is 18.2 Å². The number of benzene rings is 2. The van der Waals surface area contributed by atoms with Gasteiger partial charge in [0.05, 0.1) is 11.3 Å². The molecule has 0 atom stereocenters. The molecule has 0 spiro atoms. The van der Waals surface area contributed by atoms with Crippen LogP contribution in [-0.2, 0) is 15.6 Å². The average Bonchev–Trinajstić information content (AvgIpc) is 2.46. The highest BCUT2D eigenvalue weighted by Crippen LogP contribution is 2.17. The molecule has 0 saturated carbocycles. The van der Waals surface area contributed by atoms with Gasteiger partial charge in [-0.1, -0.05) is 60.7 Å². The van der Waals surface area contributed by atoms with E-state index in [1.165, 1.54) is 0 Å². The monoisotopic (exact) mass is 283 g/mol. The van der Waals surface area contributed by atoms with Crippen molar-refractivity contribution in [1.29, 1.82) is 5.26 Å². The molecule has 0 aromatic heterocycles. The summed E-state index contributed by atoms with van der Waals surface area (Å²) in [4.78, 5) is 0. The second kappa shape index (κ2) is 6.18. The van der Waals surface area contributed by atoms with Crippen LogP contribution in [0.2, 0.25) is 0 Å². The molecule has 2 rings (SSSR count). The zero-order valence-electron chi connectivity index (χ0n) is 10.7. The molecule has 0 fully saturated rings. The summed E-state index contributed by atoms with van der Waals surface area (Å²) in [5, 5.41) is 10.2. The number of nitriles is 1. The molecular weight excluding hydrogens is 270 g/mol. The van der Waals surface area contributed by atoms with Gasteiger partial charge in [-0.3, -0.25) is 0 Å². The van der Waals surface area contributed by atoms with Crippen molar-refractivity contribution in [3.63, 3.8) is 0 Å². The van der Waals surface area contributed by atoms with E-state index in [0.29, 0.717) is 11.1 Å². The Bertz CT molecular complexity index is 742. The lowest BCUT2D eigenvalue weighted by atomic mass is 10.1. The number of nitrogens with zero attached hydrogens (tertiary/aromatic N) is 1. The Morgan fingerprint density at radius 3 is 2.10 bits per heavy atom. The molecule has 0 amide bonds. The van der Waals surface area contributed by atoms with Gasteiger partial charge in [0.15, 0.2) is 9.84 Å². The lowest BCUT2D eigenvalue weighted by Crippen LogP contribution is -2.01. The van der Waals surface area contributed by atoms with Gasteiger partial charge in [0.2, 0.25) is 0 Å². The number of hydrogen-bond acceptors (Lipinski definition) is 3. The zero-order chi connectivity index (χ0) is 14.4. The summed E-state index contributed by atoms with van der Waals surface area (Å²) in [6.45, 7) is 0. The molecule has 0 heterocycles. The van der Waals surface area contributed by atoms with Gasteiger partial charge >= 0.3 is 0 Å². The number of hydrogen-bond donors (Lipinski definition) is 0. The fourth-order valence-electron chi connectivity index (χ4n) is 1.80. The molecule has 0 unspecified atom stereocenters. The van der Waals surface area contributed by atoms with Gasteiger partial charge in [-0.2, -0.15) is 5.26 Å². The van der Waals surface area contributed by atoms with Crippen molar-refractivity contribution in [3.05, 3.63) is 77.2 Å². The van der Waals surface area contributed by atoms with Crippen LogP contribution in [0.4, 0.5) is 0 Å². The fraction of sp³-hybridized carbons (Fsp3) is 0.0625. The van der Waals surface area contributed by atoms with Crippen LogP contribution in [-0.4, -0.2) is 8.42 Å². The molecule has 0 saturated heterocycles. The minimum absolute atomic E-state index is 0.105. The molecule has 0 bridgehead atoms. The van der Waals surface area contributed by atoms with Crippen molar-refractivity contribution < 1.29 is 8.42 Å². The first kappa shape index (κ1) is 14.0. The minimum atomic E-state index is -3.48. The maximum absolute atomic E-state index is 12.1. The van der Waals surface area contributed by atoms with E-state index in [-0.39, 0.29) is 11.3 Å². The predicted octanol–water partition coefficient (Wildman–Crippen LogP) is 3.17. The van der Waals surface area contributed by atoms with E-state index in [0.717, 1.165) is 5.41 Å². The van der Waals surface area contributed by atoms with Crippen LogP contribution in [0, 0.1) is 11.3 Å². The van der Waals surface area contributed by atoms with E-state index in [4.69, 9.17) is 5.26 Å². The van der Waals surface area contributed by atoms with Crippen LogP contribution in [0.25, 0.3) is 5.57 Å². The second-order valence-corrected chi connectivity index (χ2v) is 6.15. The average molecular weight is 283 g/mol. The summed E-state index contributed by atoms with van der Waals surface area (Å²) in [7, 11) is -3.48. The summed E-state index contributed by atoms with van der Waals surface area (Å²) in [6, 6.07) is 19.6. The van der Waals surface area contributed by atoms with Gasteiger partial charge in [0.25, 0.3) is 0 Å². The van der Waals surface area contributed by atoms with E-state index >= 15 is 0 Å². The smallest absolute Gasteiger partial charge is 0.177 e. The first-order valence-electron chi connectivity index (χ1n) is 6.04. The van der Waals surface area contributed by atoms with Crippen LogP contribution in [0.15, 0.2) is 66.1 Å². The molecule has 0 aliphatic rings. The van der Waals surface area contributed by atoms with Gasteiger partial charge in [-0.05, 0) is 11.1 Å². The Kier molecular flexibility index (Phi) is 4.34. The molecule has 20 heavy (non-hydrogen) atoms. The SMILES string of the molecule is N#C/C(=C\S(=O)(=O)Cc1ccccc1)c1ccccc1. The second-order valence-electron chi connectivity index (χ2n) is 4.30. The quantitative estimate of drug-likeness (QED) is 0.810. The maximum Gasteiger partial charge on any atom is 0.177 e. The summed E-state index contributed by atoms with van der Waals surface area (Å²) >= 11 is 0. The normalized spacial score (nSPS) is 11.8. The first-order valence-corrected chi connectivity index (χ1v) is 7.76. The van der Waals surface area contributed by atoms with E-state index in [9.17, 15) is 8.42 Å². The highest BCUT2D eigenvalue weighted by atomic mass is 32.2. The number of rotatable bonds is 4. The Labute approximate surface area is 118 Å². The molecule has 2 aromatic carbocycles. The van der Waals surface area contributed by atoms with Crippen molar-refractivity contribution in [3.8, 4) is 6.07 Å². The fourth-order valence-corrected chi connectivity index (χ4v) is 3.09. The molecule has 0 aliphatic heterocycles. The van der Waals surface area contributed by atoms with E-state index in [1.54, 1.807) is 48.5 Å². The summed E-state index contributed by atoms with van der Waals surface area (Å²) in [5.74, 6) is -0.105. The van der Waals surface area contributed by atoms with Gasteiger partial charge in [-0.25, -0.2) is 8.42 Å². The van der Waals surface area contributed by atoms with Crippen LogP contribution >= 0.6 is 0 Å². The highest BCUT2D eigenvalue weighted by molar-refractivity contribution is 7.93. The molecule has 0 radical (unpaired) electrons. The summed E-state index contributed by atoms with van der Waals surface area (Å²) in [5.41, 5.74) is 1.46. The third kappa shape index (κ3) is 3.81. The molecule has 100 valence electrons. The van der Waals surface area contributed by atoms with Crippen LogP contribution in [0.5, 0.6) is 0 Å². The molecule has 0 aliphatic carbocycles. The number of allylic oxidation sites excluding steroid dienone is 1. The molecule has 2 aromatic rings. The van der Waals surface area contributed by atoms with Crippen molar-refractivity contribution in [2.75, 3.05) is 0 Å². The highest BCUT2D eigenvalue weighted by Gasteiger charge is 2.11. The predicted molar refractivity (Wildman–Crippen MR) is 79.1 cm³/mol. The van der Waals surface area contributed by atoms with Gasteiger partial charge in [0, 0.05) is 5.41 Å². The van der Waals surface area contributed by atoms with Crippen LogP contribution in [0.3, 0.4) is 0 Å². The van der Waals surface area contributed by atoms with Crippen LogP contribution in [0.1, 0.15) is 11.1 Å². The Balaban J connectivity index is 2.30. The van der Waals surface area contributed by atoms with Crippen molar-refractivity contribution in [1.82, 2.24) is 0 Å². The van der Waals surface area contributed by atoms with Gasteiger partial charge in [0.1, 0.15) is 6.07 Å². The first-order chi connectivity index (χ1) is 9.61. The molecule has 4 heteroatoms. The van der Waals surface area contributed by atoms with E-state index in [2.05, 4.69) is 0 Å². The van der Waals surface area contributed by atoms with Gasteiger partial charge in [-0.15, -0.1) is 0 Å². The Morgan fingerprint density at radius 1 is 1.00 bits per heavy atom. The summed E-state index contributed by atoms with van der Waals surface area (Å²) < 4.78 is 24.2. The van der Waals surface area contributed by atoms with Crippen LogP contribution < -0.4 is 0 Å². The molecule has 0 N–H and O–H groups in total. The third-order valence-electron chi connectivity index (χ3n) is 2.71. The van der Waals surface area contributed by atoms with Gasteiger partial charge < -0.3 is 0 Å². The Hall–Kier alpha value is -2.38. The summed E-state index contributed by atoms with van der Waals surface area (Å²) in [6.07, 6.45) is 0. The minimum Gasteiger partial charge on any atom is -0.224 e. The molecular formula is C16H13NO2S. The largest absolute Gasteiger partial charge is 0.224 e.